The van der Waals surface area contributed by atoms with Crippen molar-refractivity contribution in [2.45, 2.75) is 76.9 Å². The van der Waals surface area contributed by atoms with E-state index in [0.29, 0.717) is 25.7 Å². The van der Waals surface area contributed by atoms with Gasteiger partial charge in [0.1, 0.15) is 5.78 Å². The molecule has 1 aliphatic rings. The number of allylic oxidation sites excluding steroid dienone is 2. The number of carbonyl (C=O) groups excluding carboxylic acids is 1. The van der Waals surface area contributed by atoms with E-state index in [4.69, 9.17) is 5.11 Å². The number of unbranched alkanes of at least 4 members (excludes halogenated alkanes) is 2. The number of carboxylic acids is 1. The molecule has 5 nitrogen and oxygen atoms in total. The number of carboxylic acid groups (broad SMARTS) is 1. The molecule has 0 aromatic heterocycles. The molecule has 0 bridgehead atoms. The molecule has 0 amide bonds. The van der Waals surface area contributed by atoms with E-state index >= 15 is 0 Å². The lowest BCUT2D eigenvalue weighted by Crippen LogP contribution is -2.19. The van der Waals surface area contributed by atoms with E-state index in [2.05, 4.69) is 6.92 Å². The zero-order valence-electron chi connectivity index (χ0n) is 15.1. The smallest absolute Gasteiger partial charge is 0.303 e. The van der Waals surface area contributed by atoms with Gasteiger partial charge in [-0.15, -0.1) is 0 Å². The molecule has 5 heteroatoms. The minimum Gasteiger partial charge on any atom is -0.481 e. The van der Waals surface area contributed by atoms with E-state index in [1.165, 1.54) is 0 Å². The maximum atomic E-state index is 12.1. The Balaban J connectivity index is 2.46. The highest BCUT2D eigenvalue weighted by Gasteiger charge is 2.39. The van der Waals surface area contributed by atoms with Crippen LogP contribution >= 0.6 is 0 Å². The summed E-state index contributed by atoms with van der Waals surface area (Å²) >= 11 is 0. The van der Waals surface area contributed by atoms with Gasteiger partial charge < -0.3 is 15.3 Å². The third kappa shape index (κ3) is 8.45. The predicted octanol–water partition coefficient (Wildman–Crippen LogP) is 3.25. The number of hydrogen-bond acceptors (Lipinski definition) is 4. The van der Waals surface area contributed by atoms with Crippen LogP contribution in [0.5, 0.6) is 0 Å². The summed E-state index contributed by atoms with van der Waals surface area (Å²) in [4.78, 5) is 22.5. The molecule has 0 radical (unpaired) electrons. The molecule has 3 N–H and O–H groups in total. The highest BCUT2D eigenvalue weighted by atomic mass is 16.4. The Kier molecular flexibility index (Phi) is 10.3. The normalized spacial score (nSPS) is 25.2. The van der Waals surface area contributed by atoms with Crippen molar-refractivity contribution in [1.29, 1.82) is 0 Å². The van der Waals surface area contributed by atoms with Gasteiger partial charge in [0, 0.05) is 24.7 Å². The third-order valence-electron chi connectivity index (χ3n) is 4.73. The first-order valence-corrected chi connectivity index (χ1v) is 9.39. The first-order valence-electron chi connectivity index (χ1n) is 9.39. The summed E-state index contributed by atoms with van der Waals surface area (Å²) in [7, 11) is 0. The standard InChI is InChI=1S/C20H32O5/c1-2-3-6-9-15(21)12-13-17-16(18(22)14-19(17)23)10-7-4-5-8-11-20(24)25/h4-5,12-13,15-17,19,21,23H,2-3,6-11,14H2,1H3,(H,24,25)/t15?,16-,17-,19?/m1/s1. The lowest BCUT2D eigenvalue weighted by atomic mass is 9.89. The predicted molar refractivity (Wildman–Crippen MR) is 97.1 cm³/mol. The summed E-state index contributed by atoms with van der Waals surface area (Å²) in [6.45, 7) is 2.11. The second kappa shape index (κ2) is 12.0. The van der Waals surface area contributed by atoms with Gasteiger partial charge >= 0.3 is 5.97 Å². The number of aliphatic hydroxyl groups is 2. The quantitative estimate of drug-likeness (QED) is 0.370. The molecule has 1 fully saturated rings. The third-order valence-corrected chi connectivity index (χ3v) is 4.73. The van der Waals surface area contributed by atoms with E-state index in [1.54, 1.807) is 6.08 Å². The summed E-state index contributed by atoms with van der Waals surface area (Å²) in [6, 6.07) is 0. The SMILES string of the molecule is CCCCCC(O)C=C[C@H]1C(O)CC(=O)[C@@H]1CCC=CCCC(=O)O. The Morgan fingerprint density at radius 2 is 2.00 bits per heavy atom. The highest BCUT2D eigenvalue weighted by molar-refractivity contribution is 5.84. The van der Waals surface area contributed by atoms with Crippen LogP contribution in [0.2, 0.25) is 0 Å². The Bertz CT molecular complexity index is 469. The van der Waals surface area contributed by atoms with Crippen LogP contribution in [0.3, 0.4) is 0 Å². The van der Waals surface area contributed by atoms with Gasteiger partial charge in [-0.3, -0.25) is 9.59 Å². The van der Waals surface area contributed by atoms with Crippen LogP contribution in [-0.2, 0) is 9.59 Å². The molecule has 0 aromatic rings. The summed E-state index contributed by atoms with van der Waals surface area (Å²) in [6.07, 6.45) is 12.0. The van der Waals surface area contributed by atoms with E-state index < -0.39 is 18.2 Å². The van der Waals surface area contributed by atoms with Crippen LogP contribution < -0.4 is 0 Å². The van der Waals surface area contributed by atoms with Crippen molar-refractivity contribution in [3.63, 3.8) is 0 Å². The molecule has 2 unspecified atom stereocenters. The van der Waals surface area contributed by atoms with E-state index in [1.807, 2.05) is 18.2 Å². The fourth-order valence-corrected chi connectivity index (χ4v) is 3.27. The van der Waals surface area contributed by atoms with Gasteiger partial charge in [0.2, 0.25) is 0 Å². The molecule has 1 saturated carbocycles. The number of aliphatic carboxylic acids is 1. The van der Waals surface area contributed by atoms with Crippen molar-refractivity contribution < 1.29 is 24.9 Å². The summed E-state index contributed by atoms with van der Waals surface area (Å²) < 4.78 is 0. The molecule has 1 aliphatic carbocycles. The minimum absolute atomic E-state index is 0.0709. The van der Waals surface area contributed by atoms with Gasteiger partial charge in [-0.1, -0.05) is 50.5 Å². The van der Waals surface area contributed by atoms with Crippen LogP contribution in [0.15, 0.2) is 24.3 Å². The number of aliphatic hydroxyl groups excluding tert-OH is 2. The maximum absolute atomic E-state index is 12.1. The van der Waals surface area contributed by atoms with Gasteiger partial charge in [0.25, 0.3) is 0 Å². The molecule has 142 valence electrons. The largest absolute Gasteiger partial charge is 0.481 e. The Labute approximate surface area is 150 Å². The molecule has 4 atom stereocenters. The zero-order chi connectivity index (χ0) is 18.7. The molecule has 25 heavy (non-hydrogen) atoms. The molecule has 0 spiro atoms. The Morgan fingerprint density at radius 1 is 1.28 bits per heavy atom. The van der Waals surface area contributed by atoms with Crippen molar-refractivity contribution in [2.75, 3.05) is 0 Å². The lowest BCUT2D eigenvalue weighted by Gasteiger charge is -2.17. The van der Waals surface area contributed by atoms with Crippen molar-refractivity contribution >= 4 is 11.8 Å². The molecule has 0 aromatic carbocycles. The van der Waals surface area contributed by atoms with Gasteiger partial charge in [-0.2, -0.15) is 0 Å². The number of rotatable bonds is 12. The van der Waals surface area contributed by atoms with Crippen molar-refractivity contribution in [3.8, 4) is 0 Å². The van der Waals surface area contributed by atoms with Crippen LogP contribution in [-0.4, -0.2) is 39.3 Å². The second-order valence-corrected chi connectivity index (χ2v) is 6.85. The van der Waals surface area contributed by atoms with Crippen LogP contribution in [0.25, 0.3) is 0 Å². The van der Waals surface area contributed by atoms with E-state index in [9.17, 15) is 19.8 Å². The Morgan fingerprint density at radius 3 is 2.68 bits per heavy atom. The van der Waals surface area contributed by atoms with Crippen LogP contribution in [0, 0.1) is 11.8 Å². The second-order valence-electron chi connectivity index (χ2n) is 6.85. The molecule has 1 rings (SSSR count). The number of Topliss-reactive ketones (excluding diaryl/α,β-unsaturated/α-hetero) is 1. The average molecular weight is 352 g/mol. The monoisotopic (exact) mass is 352 g/mol. The van der Waals surface area contributed by atoms with Gasteiger partial charge in [0.05, 0.1) is 12.2 Å². The average Bonchev–Trinajstić information content (AvgIpc) is 2.82. The first-order chi connectivity index (χ1) is 12.0. The first kappa shape index (κ1) is 21.6. The fraction of sp³-hybridized carbons (Fsp3) is 0.700. The van der Waals surface area contributed by atoms with Gasteiger partial charge in [-0.25, -0.2) is 0 Å². The summed E-state index contributed by atoms with van der Waals surface area (Å²) in [5.41, 5.74) is 0. The molecule has 0 aliphatic heterocycles. The molecular formula is C20H32O5. The van der Waals surface area contributed by atoms with E-state index in [-0.39, 0.29) is 30.5 Å². The Hall–Kier alpha value is -1.46. The lowest BCUT2D eigenvalue weighted by molar-refractivity contribution is -0.136. The highest BCUT2D eigenvalue weighted by Crippen LogP contribution is 2.34. The van der Waals surface area contributed by atoms with Crippen molar-refractivity contribution in [1.82, 2.24) is 0 Å². The van der Waals surface area contributed by atoms with Gasteiger partial charge in [0.15, 0.2) is 0 Å². The van der Waals surface area contributed by atoms with E-state index in [0.717, 1.165) is 19.3 Å². The van der Waals surface area contributed by atoms with Crippen molar-refractivity contribution in [3.05, 3.63) is 24.3 Å². The molecular weight excluding hydrogens is 320 g/mol. The topological polar surface area (TPSA) is 94.8 Å². The van der Waals surface area contributed by atoms with Crippen LogP contribution in [0.4, 0.5) is 0 Å². The summed E-state index contributed by atoms with van der Waals surface area (Å²) in [5, 5.41) is 28.7. The van der Waals surface area contributed by atoms with Crippen molar-refractivity contribution in [2.24, 2.45) is 11.8 Å². The number of ketones is 1. The molecule has 0 heterocycles. The van der Waals surface area contributed by atoms with Gasteiger partial charge in [-0.05, 0) is 25.7 Å². The number of carbonyl (C=O) groups is 2. The zero-order valence-corrected chi connectivity index (χ0v) is 15.1. The fourth-order valence-electron chi connectivity index (χ4n) is 3.27. The maximum Gasteiger partial charge on any atom is 0.303 e. The van der Waals surface area contributed by atoms with Crippen LogP contribution in [0.1, 0.15) is 64.7 Å². The minimum atomic E-state index is -0.818. The molecule has 0 saturated heterocycles. The number of hydrogen-bond donors (Lipinski definition) is 3. The summed E-state index contributed by atoms with van der Waals surface area (Å²) in [5.74, 6) is -1.21.